The largest absolute Gasteiger partial charge is 0.292 e. The van der Waals surface area contributed by atoms with Gasteiger partial charge in [0.25, 0.3) is 0 Å². The molecular weight excluding hydrogens is 350 g/mol. The van der Waals surface area contributed by atoms with Gasteiger partial charge >= 0.3 is 0 Å². The first-order valence-electron chi connectivity index (χ1n) is 8.98. The van der Waals surface area contributed by atoms with Gasteiger partial charge in [-0.25, -0.2) is 8.42 Å². The van der Waals surface area contributed by atoms with E-state index < -0.39 is 9.84 Å². The van der Waals surface area contributed by atoms with E-state index in [1.165, 1.54) is 5.56 Å². The number of hydrogen-bond donors (Lipinski definition) is 0. The summed E-state index contributed by atoms with van der Waals surface area (Å²) in [5.41, 5.74) is 3.45. The van der Waals surface area contributed by atoms with Crippen LogP contribution in [0, 0.1) is 6.92 Å². The van der Waals surface area contributed by atoms with E-state index >= 15 is 0 Å². The van der Waals surface area contributed by atoms with Crippen molar-refractivity contribution in [1.82, 2.24) is 24.6 Å². The second-order valence-electron chi connectivity index (χ2n) is 7.39. The highest BCUT2D eigenvalue weighted by Crippen LogP contribution is 2.29. The van der Waals surface area contributed by atoms with E-state index in [2.05, 4.69) is 32.9 Å². The van der Waals surface area contributed by atoms with E-state index in [0.717, 1.165) is 37.4 Å². The number of piperazine rings is 1. The number of nitrogens with zero attached hydrogens (tertiary/aromatic N) is 5. The van der Waals surface area contributed by atoms with Crippen LogP contribution < -0.4 is 0 Å². The first-order valence-corrected chi connectivity index (χ1v) is 10.8. The monoisotopic (exact) mass is 375 g/mol. The minimum Gasteiger partial charge on any atom is -0.292 e. The summed E-state index contributed by atoms with van der Waals surface area (Å²) in [6, 6.07) is 4.08. The Labute approximate surface area is 154 Å². The Morgan fingerprint density at radius 3 is 2.38 bits per heavy atom. The van der Waals surface area contributed by atoms with Gasteiger partial charge in [-0.1, -0.05) is 6.07 Å². The third-order valence-corrected chi connectivity index (χ3v) is 7.42. The van der Waals surface area contributed by atoms with Gasteiger partial charge in [0.05, 0.1) is 17.7 Å². The lowest BCUT2D eigenvalue weighted by atomic mass is 10.0. The number of aromatic nitrogens is 3. The molecule has 0 spiro atoms. The Morgan fingerprint density at radius 1 is 1.12 bits per heavy atom. The molecule has 2 aliphatic rings. The second kappa shape index (κ2) is 6.75. The van der Waals surface area contributed by atoms with Crippen molar-refractivity contribution in [1.29, 1.82) is 0 Å². The molecule has 0 bridgehead atoms. The van der Waals surface area contributed by atoms with Crippen molar-refractivity contribution >= 4 is 9.84 Å². The molecule has 0 aliphatic carbocycles. The van der Waals surface area contributed by atoms with Gasteiger partial charge in [-0.15, -0.1) is 0 Å². The van der Waals surface area contributed by atoms with Crippen molar-refractivity contribution in [3.8, 4) is 0 Å². The third-order valence-electron chi connectivity index (χ3n) is 5.72. The molecule has 2 fully saturated rings. The minimum absolute atomic E-state index is 0.0463. The molecule has 2 saturated heterocycles. The fourth-order valence-corrected chi connectivity index (χ4v) is 6.18. The SMILES string of the molecule is Cc1c(CN2CCN(Cc3cccnc3)[C@@H]3CS(=O)(=O)C[C@@H]32)cnn1C. The molecule has 2 atom stereocenters. The van der Waals surface area contributed by atoms with Crippen LogP contribution in [0.2, 0.25) is 0 Å². The average molecular weight is 375 g/mol. The van der Waals surface area contributed by atoms with E-state index in [0.29, 0.717) is 0 Å². The predicted molar refractivity (Wildman–Crippen MR) is 99.2 cm³/mol. The van der Waals surface area contributed by atoms with Crippen LogP contribution in [0.5, 0.6) is 0 Å². The highest BCUT2D eigenvalue weighted by atomic mass is 32.2. The molecule has 2 aromatic heterocycles. The van der Waals surface area contributed by atoms with Gasteiger partial charge in [-0.2, -0.15) is 5.10 Å². The quantitative estimate of drug-likeness (QED) is 0.780. The van der Waals surface area contributed by atoms with Gasteiger partial charge < -0.3 is 0 Å². The number of aryl methyl sites for hydroxylation is 1. The number of rotatable bonds is 4. The molecule has 0 radical (unpaired) electrons. The van der Waals surface area contributed by atoms with Crippen molar-refractivity contribution in [3.05, 3.63) is 47.5 Å². The Balaban J connectivity index is 1.54. The standard InChI is InChI=1S/C18H25N5O2S/c1-14-16(9-20-21(14)2)11-23-7-6-22(10-15-4-3-5-19-8-15)17-12-26(24,25)13-18(17)23/h3-5,8-9,17-18H,6-7,10-13H2,1-2H3/t17-,18+/m1/s1. The van der Waals surface area contributed by atoms with Gasteiger partial charge in [0.2, 0.25) is 0 Å². The highest BCUT2D eigenvalue weighted by molar-refractivity contribution is 7.91. The van der Waals surface area contributed by atoms with Crippen LogP contribution in [0.4, 0.5) is 0 Å². The molecule has 140 valence electrons. The first kappa shape index (κ1) is 17.6. The number of sulfone groups is 1. The highest BCUT2D eigenvalue weighted by Gasteiger charge is 2.46. The summed E-state index contributed by atoms with van der Waals surface area (Å²) in [5.74, 6) is 0.501. The second-order valence-corrected chi connectivity index (χ2v) is 9.55. The summed E-state index contributed by atoms with van der Waals surface area (Å²) >= 11 is 0. The number of fused-ring (bicyclic) bond motifs is 1. The topological polar surface area (TPSA) is 71.3 Å². The van der Waals surface area contributed by atoms with Crippen LogP contribution >= 0.6 is 0 Å². The van der Waals surface area contributed by atoms with E-state index in [1.807, 2.05) is 30.2 Å². The average Bonchev–Trinajstić information content (AvgIpc) is 3.11. The maximum Gasteiger partial charge on any atom is 0.153 e. The summed E-state index contributed by atoms with van der Waals surface area (Å²) < 4.78 is 26.6. The van der Waals surface area contributed by atoms with Crippen molar-refractivity contribution in [2.75, 3.05) is 24.6 Å². The van der Waals surface area contributed by atoms with Crippen molar-refractivity contribution < 1.29 is 8.42 Å². The number of hydrogen-bond acceptors (Lipinski definition) is 6. The molecule has 0 aromatic carbocycles. The summed E-state index contributed by atoms with van der Waals surface area (Å²) in [6.07, 6.45) is 5.53. The van der Waals surface area contributed by atoms with Crippen molar-refractivity contribution in [2.24, 2.45) is 7.05 Å². The zero-order chi connectivity index (χ0) is 18.3. The van der Waals surface area contributed by atoms with Gasteiger partial charge in [0.1, 0.15) is 0 Å². The Hall–Kier alpha value is -1.77. The van der Waals surface area contributed by atoms with E-state index in [1.54, 1.807) is 6.20 Å². The van der Waals surface area contributed by atoms with Crippen LogP contribution in [0.25, 0.3) is 0 Å². The normalized spacial score (nSPS) is 26.1. The minimum atomic E-state index is -3.00. The zero-order valence-electron chi connectivity index (χ0n) is 15.2. The summed E-state index contributed by atoms with van der Waals surface area (Å²) in [6.45, 7) is 5.31. The predicted octanol–water partition coefficient (Wildman–Crippen LogP) is 0.607. The van der Waals surface area contributed by atoms with Crippen LogP contribution in [-0.4, -0.2) is 69.7 Å². The first-order chi connectivity index (χ1) is 12.4. The van der Waals surface area contributed by atoms with Crippen molar-refractivity contribution in [3.63, 3.8) is 0 Å². The molecule has 26 heavy (non-hydrogen) atoms. The third kappa shape index (κ3) is 3.41. The molecular formula is C18H25N5O2S. The van der Waals surface area contributed by atoms with Gasteiger partial charge in [0, 0.05) is 69.0 Å². The maximum atomic E-state index is 12.4. The van der Waals surface area contributed by atoms with Gasteiger partial charge in [0.15, 0.2) is 9.84 Å². The molecule has 0 saturated carbocycles. The molecule has 0 N–H and O–H groups in total. The fraction of sp³-hybridized carbons (Fsp3) is 0.556. The Kier molecular flexibility index (Phi) is 4.58. The van der Waals surface area contributed by atoms with Gasteiger partial charge in [-0.05, 0) is 18.6 Å². The summed E-state index contributed by atoms with van der Waals surface area (Å²) in [7, 11) is -1.07. The number of pyridine rings is 1. The Morgan fingerprint density at radius 2 is 1.81 bits per heavy atom. The molecule has 2 aromatic rings. The van der Waals surface area contributed by atoms with Gasteiger partial charge in [-0.3, -0.25) is 19.5 Å². The summed E-state index contributed by atoms with van der Waals surface area (Å²) in [5, 5.41) is 4.32. The molecule has 2 aliphatic heterocycles. The van der Waals surface area contributed by atoms with Crippen LogP contribution in [0.15, 0.2) is 30.7 Å². The lowest BCUT2D eigenvalue weighted by Gasteiger charge is -2.44. The maximum absolute atomic E-state index is 12.4. The molecule has 7 nitrogen and oxygen atoms in total. The van der Waals surface area contributed by atoms with Crippen molar-refractivity contribution in [2.45, 2.75) is 32.1 Å². The van der Waals surface area contributed by atoms with E-state index in [9.17, 15) is 8.42 Å². The lowest BCUT2D eigenvalue weighted by molar-refractivity contribution is 0.0353. The fourth-order valence-electron chi connectivity index (χ4n) is 4.13. The molecule has 0 amide bonds. The lowest BCUT2D eigenvalue weighted by Crippen LogP contribution is -2.58. The molecule has 4 heterocycles. The van der Waals surface area contributed by atoms with E-state index in [4.69, 9.17) is 0 Å². The smallest absolute Gasteiger partial charge is 0.153 e. The summed E-state index contributed by atoms with van der Waals surface area (Å²) in [4.78, 5) is 8.83. The Bertz CT molecular complexity index is 880. The van der Waals surface area contributed by atoms with Crippen LogP contribution in [0.3, 0.4) is 0 Å². The van der Waals surface area contributed by atoms with Crippen LogP contribution in [0.1, 0.15) is 16.8 Å². The molecule has 8 heteroatoms. The van der Waals surface area contributed by atoms with Crippen LogP contribution in [-0.2, 0) is 30.0 Å². The van der Waals surface area contributed by atoms with E-state index in [-0.39, 0.29) is 23.6 Å². The molecule has 4 rings (SSSR count). The molecule has 0 unspecified atom stereocenters. The zero-order valence-corrected chi connectivity index (χ0v) is 16.1.